The van der Waals surface area contributed by atoms with Gasteiger partial charge in [-0.1, -0.05) is 48.5 Å². The fraction of sp³-hybridized carbons (Fsp3) is 0.318. The number of rotatable bonds is 2. The summed E-state index contributed by atoms with van der Waals surface area (Å²) >= 11 is 0. The molecule has 1 aromatic heterocycles. The molecular formula is C22H22N2O. The summed E-state index contributed by atoms with van der Waals surface area (Å²) < 4.78 is 0. The third-order valence-electron chi connectivity index (χ3n) is 6.01. The molecule has 3 fully saturated rings. The second kappa shape index (κ2) is 5.65. The van der Waals surface area contributed by atoms with Gasteiger partial charge in [-0.3, -0.25) is 0 Å². The van der Waals surface area contributed by atoms with Gasteiger partial charge in [-0.05, 0) is 49.5 Å². The highest BCUT2D eigenvalue weighted by atomic mass is 16.3. The van der Waals surface area contributed by atoms with Crippen molar-refractivity contribution in [2.24, 2.45) is 5.92 Å². The topological polar surface area (TPSA) is 36.4 Å². The molecule has 1 atom stereocenters. The van der Waals surface area contributed by atoms with Crippen molar-refractivity contribution in [2.75, 3.05) is 19.6 Å². The van der Waals surface area contributed by atoms with Gasteiger partial charge in [0, 0.05) is 17.5 Å². The number of hydrogen-bond acceptors (Lipinski definition) is 3. The first kappa shape index (κ1) is 15.1. The minimum absolute atomic E-state index is 0.391. The molecule has 3 saturated heterocycles. The first-order valence-electron chi connectivity index (χ1n) is 9.14. The van der Waals surface area contributed by atoms with Crippen molar-refractivity contribution in [1.82, 2.24) is 9.88 Å². The third kappa shape index (κ3) is 2.46. The van der Waals surface area contributed by atoms with Crippen LogP contribution in [-0.4, -0.2) is 34.6 Å². The lowest BCUT2D eigenvalue weighted by Gasteiger charge is -2.50. The molecule has 1 N–H and O–H groups in total. The first-order chi connectivity index (χ1) is 12.2. The Morgan fingerprint density at radius 1 is 0.920 bits per heavy atom. The maximum Gasteiger partial charge on any atom is 0.105 e. The van der Waals surface area contributed by atoms with Crippen molar-refractivity contribution in [2.45, 2.75) is 18.4 Å². The van der Waals surface area contributed by atoms with E-state index in [0.717, 1.165) is 60.2 Å². The highest BCUT2D eigenvalue weighted by Crippen LogP contribution is 2.42. The number of aliphatic hydroxyl groups is 1. The lowest BCUT2D eigenvalue weighted by molar-refractivity contribution is -0.117. The molecule has 0 aliphatic carbocycles. The second-order valence-electron chi connectivity index (χ2n) is 7.44. The van der Waals surface area contributed by atoms with Crippen molar-refractivity contribution in [3.05, 3.63) is 66.2 Å². The van der Waals surface area contributed by atoms with Crippen LogP contribution in [0.3, 0.4) is 0 Å². The van der Waals surface area contributed by atoms with Crippen LogP contribution in [0.25, 0.3) is 22.2 Å². The lowest BCUT2D eigenvalue weighted by Crippen LogP contribution is -2.57. The molecule has 3 nitrogen and oxygen atoms in total. The normalized spacial score (nSPS) is 28.4. The molecule has 0 saturated carbocycles. The van der Waals surface area contributed by atoms with Crippen LogP contribution < -0.4 is 0 Å². The van der Waals surface area contributed by atoms with Crippen molar-refractivity contribution < 1.29 is 5.11 Å². The number of benzene rings is 2. The average Bonchev–Trinajstić information content (AvgIpc) is 2.68. The maximum absolute atomic E-state index is 11.3. The van der Waals surface area contributed by atoms with Crippen LogP contribution >= 0.6 is 0 Å². The molecule has 25 heavy (non-hydrogen) atoms. The molecule has 2 bridgehead atoms. The number of nitrogens with zero attached hydrogens (tertiary/aromatic N) is 2. The summed E-state index contributed by atoms with van der Waals surface area (Å²) in [5, 5.41) is 12.4. The summed E-state index contributed by atoms with van der Waals surface area (Å²) in [5.41, 5.74) is 3.45. The molecule has 126 valence electrons. The quantitative estimate of drug-likeness (QED) is 0.776. The molecule has 3 aromatic rings. The van der Waals surface area contributed by atoms with E-state index in [4.69, 9.17) is 4.98 Å². The van der Waals surface area contributed by atoms with E-state index in [1.54, 1.807) is 0 Å². The van der Waals surface area contributed by atoms with Crippen LogP contribution in [0.2, 0.25) is 0 Å². The molecule has 3 aliphatic heterocycles. The van der Waals surface area contributed by atoms with E-state index in [0.29, 0.717) is 5.92 Å². The molecule has 1 unspecified atom stereocenters. The zero-order valence-electron chi connectivity index (χ0n) is 14.2. The summed E-state index contributed by atoms with van der Waals surface area (Å²) in [6, 6.07) is 20.7. The van der Waals surface area contributed by atoms with Crippen molar-refractivity contribution in [1.29, 1.82) is 0 Å². The Balaban J connectivity index is 1.48. The number of piperidine rings is 3. The predicted molar refractivity (Wildman–Crippen MR) is 100 cm³/mol. The van der Waals surface area contributed by atoms with Gasteiger partial charge in [-0.2, -0.15) is 0 Å². The van der Waals surface area contributed by atoms with Crippen molar-refractivity contribution in [3.63, 3.8) is 0 Å². The van der Waals surface area contributed by atoms with Gasteiger partial charge >= 0.3 is 0 Å². The second-order valence-corrected chi connectivity index (χ2v) is 7.44. The number of hydrogen-bond donors (Lipinski definition) is 1. The van der Waals surface area contributed by atoms with Crippen LogP contribution in [0.1, 0.15) is 18.4 Å². The van der Waals surface area contributed by atoms with Crippen LogP contribution in [-0.2, 0) is 5.60 Å². The van der Waals surface area contributed by atoms with Gasteiger partial charge in [0.2, 0.25) is 0 Å². The van der Waals surface area contributed by atoms with Gasteiger partial charge in [-0.25, -0.2) is 4.98 Å². The minimum atomic E-state index is -0.689. The van der Waals surface area contributed by atoms with E-state index in [-0.39, 0.29) is 0 Å². The molecule has 0 radical (unpaired) electrons. The van der Waals surface area contributed by atoms with E-state index in [2.05, 4.69) is 47.4 Å². The Morgan fingerprint density at radius 2 is 1.68 bits per heavy atom. The fourth-order valence-electron chi connectivity index (χ4n) is 4.52. The van der Waals surface area contributed by atoms with Crippen LogP contribution in [0.15, 0.2) is 60.7 Å². The van der Waals surface area contributed by atoms with Crippen LogP contribution in [0.5, 0.6) is 0 Å². The standard InChI is InChI=1S/C22H22N2O/c25-22(15-24-13-11-19(22)12-14-24)18-8-5-17(6-9-18)21-10-7-16-3-1-2-4-20(16)23-21/h1-10,19,25H,11-15H2. The van der Waals surface area contributed by atoms with E-state index < -0.39 is 5.60 Å². The Hall–Kier alpha value is -2.23. The molecule has 2 aromatic carbocycles. The zero-order chi connectivity index (χ0) is 16.9. The Morgan fingerprint density at radius 3 is 2.40 bits per heavy atom. The molecule has 3 heteroatoms. The summed E-state index contributed by atoms with van der Waals surface area (Å²) in [6.07, 6.45) is 2.20. The number of pyridine rings is 1. The van der Waals surface area contributed by atoms with Gasteiger partial charge in [-0.15, -0.1) is 0 Å². The molecule has 0 amide bonds. The Kier molecular flexibility index (Phi) is 3.40. The van der Waals surface area contributed by atoms with E-state index >= 15 is 0 Å². The van der Waals surface area contributed by atoms with Crippen LogP contribution in [0, 0.1) is 5.92 Å². The largest absolute Gasteiger partial charge is 0.384 e. The zero-order valence-corrected chi connectivity index (χ0v) is 14.2. The highest BCUT2D eigenvalue weighted by Gasteiger charge is 2.46. The smallest absolute Gasteiger partial charge is 0.105 e. The predicted octanol–water partition coefficient (Wildman–Crippen LogP) is 3.82. The van der Waals surface area contributed by atoms with Gasteiger partial charge < -0.3 is 10.0 Å². The van der Waals surface area contributed by atoms with Crippen LogP contribution in [0.4, 0.5) is 0 Å². The van der Waals surface area contributed by atoms with E-state index in [9.17, 15) is 5.11 Å². The van der Waals surface area contributed by atoms with E-state index in [1.807, 2.05) is 18.2 Å². The fourth-order valence-corrected chi connectivity index (χ4v) is 4.52. The highest BCUT2D eigenvalue weighted by molar-refractivity contribution is 5.81. The summed E-state index contributed by atoms with van der Waals surface area (Å²) in [4.78, 5) is 7.16. The molecular weight excluding hydrogens is 308 g/mol. The van der Waals surface area contributed by atoms with E-state index in [1.165, 1.54) is 0 Å². The summed E-state index contributed by atoms with van der Waals surface area (Å²) in [6.45, 7) is 3.03. The Bertz CT molecular complexity index is 913. The summed E-state index contributed by atoms with van der Waals surface area (Å²) in [7, 11) is 0. The van der Waals surface area contributed by atoms with Gasteiger partial charge in [0.1, 0.15) is 5.60 Å². The monoisotopic (exact) mass is 330 g/mol. The molecule has 6 rings (SSSR count). The van der Waals surface area contributed by atoms with Crippen molar-refractivity contribution in [3.8, 4) is 11.3 Å². The molecule has 3 aliphatic rings. The van der Waals surface area contributed by atoms with Crippen molar-refractivity contribution >= 4 is 10.9 Å². The Labute approximate surface area is 147 Å². The SMILES string of the molecule is OC1(c2ccc(-c3ccc4ccccc4n3)cc2)CN2CCC1CC2. The summed E-state index contributed by atoms with van der Waals surface area (Å²) in [5.74, 6) is 0.391. The number of fused-ring (bicyclic) bond motifs is 4. The lowest BCUT2D eigenvalue weighted by atomic mass is 9.71. The number of para-hydroxylation sites is 1. The number of aromatic nitrogens is 1. The van der Waals surface area contributed by atoms with Gasteiger partial charge in [0.15, 0.2) is 0 Å². The third-order valence-corrected chi connectivity index (χ3v) is 6.01. The first-order valence-corrected chi connectivity index (χ1v) is 9.14. The minimum Gasteiger partial charge on any atom is -0.384 e. The van der Waals surface area contributed by atoms with Gasteiger partial charge in [0.25, 0.3) is 0 Å². The van der Waals surface area contributed by atoms with Gasteiger partial charge in [0.05, 0.1) is 11.2 Å². The molecule has 0 spiro atoms. The maximum atomic E-state index is 11.3. The molecule has 4 heterocycles. The average molecular weight is 330 g/mol.